The van der Waals surface area contributed by atoms with Crippen molar-refractivity contribution in [1.29, 1.82) is 0 Å². The van der Waals surface area contributed by atoms with Crippen LogP contribution in [0.1, 0.15) is 20.8 Å². The average molecular weight is 198 g/mol. The number of hydrogen-bond donors (Lipinski definition) is 3. The van der Waals surface area contributed by atoms with E-state index in [1.807, 2.05) is 20.8 Å². The topological polar surface area (TPSA) is 73.5 Å². The number of carbonyl (C=O) groups is 2. The molecule has 0 unspecified atom stereocenters. The van der Waals surface area contributed by atoms with E-state index in [1.54, 1.807) is 4.90 Å². The summed E-state index contributed by atoms with van der Waals surface area (Å²) in [5.74, 6) is 0. The van der Waals surface area contributed by atoms with Gasteiger partial charge < -0.3 is 16.0 Å². The Morgan fingerprint density at radius 3 is 2.36 bits per heavy atom. The highest BCUT2D eigenvalue weighted by Crippen LogP contribution is 2.23. The Kier molecular flexibility index (Phi) is 1.64. The van der Waals surface area contributed by atoms with Crippen molar-refractivity contribution in [2.24, 2.45) is 0 Å². The molecular formula is C8H14N4O2. The second-order valence-corrected chi connectivity index (χ2v) is 4.53. The van der Waals surface area contributed by atoms with E-state index in [1.165, 1.54) is 0 Å². The third-order valence-electron chi connectivity index (χ3n) is 2.38. The SMILES string of the molecule is CC(C)(C)N1C(=O)N[C@@H]2NC(=O)N[C@H]21. The maximum Gasteiger partial charge on any atom is 0.321 e. The highest BCUT2D eigenvalue weighted by Gasteiger charge is 2.49. The minimum Gasteiger partial charge on any atom is -0.314 e. The third kappa shape index (κ3) is 1.18. The number of rotatable bonds is 0. The molecule has 2 saturated heterocycles. The van der Waals surface area contributed by atoms with Crippen molar-refractivity contribution in [2.45, 2.75) is 38.6 Å². The normalized spacial score (nSPS) is 30.9. The summed E-state index contributed by atoms with van der Waals surface area (Å²) in [5.41, 5.74) is -0.303. The monoisotopic (exact) mass is 198 g/mol. The molecule has 0 bridgehead atoms. The summed E-state index contributed by atoms with van der Waals surface area (Å²) in [6, 6.07) is -0.394. The molecule has 2 aliphatic rings. The molecule has 2 fully saturated rings. The molecule has 2 heterocycles. The number of amides is 4. The molecule has 0 spiro atoms. The second-order valence-electron chi connectivity index (χ2n) is 4.53. The zero-order valence-electron chi connectivity index (χ0n) is 8.42. The van der Waals surface area contributed by atoms with Crippen LogP contribution in [-0.4, -0.2) is 34.8 Å². The first-order chi connectivity index (χ1) is 6.39. The Morgan fingerprint density at radius 1 is 1.14 bits per heavy atom. The van der Waals surface area contributed by atoms with Gasteiger partial charge in [-0.1, -0.05) is 0 Å². The molecule has 2 atom stereocenters. The quantitative estimate of drug-likeness (QED) is 0.503. The van der Waals surface area contributed by atoms with Crippen LogP contribution < -0.4 is 16.0 Å². The molecule has 0 radical (unpaired) electrons. The molecule has 3 N–H and O–H groups in total. The minimum absolute atomic E-state index is 0.153. The fraction of sp³-hybridized carbons (Fsp3) is 0.750. The molecule has 2 aliphatic heterocycles. The van der Waals surface area contributed by atoms with E-state index in [-0.39, 0.29) is 29.9 Å². The van der Waals surface area contributed by atoms with Gasteiger partial charge in [0.1, 0.15) is 12.3 Å². The zero-order chi connectivity index (χ0) is 10.5. The van der Waals surface area contributed by atoms with Crippen LogP contribution in [-0.2, 0) is 0 Å². The molecule has 4 amide bonds. The lowest BCUT2D eigenvalue weighted by molar-refractivity contribution is 0.130. The van der Waals surface area contributed by atoms with Gasteiger partial charge >= 0.3 is 12.1 Å². The number of carbonyl (C=O) groups excluding carboxylic acids is 2. The molecule has 14 heavy (non-hydrogen) atoms. The fourth-order valence-electron chi connectivity index (χ4n) is 1.86. The summed E-state index contributed by atoms with van der Waals surface area (Å²) in [6.07, 6.45) is -0.593. The first-order valence-electron chi connectivity index (χ1n) is 4.56. The van der Waals surface area contributed by atoms with Gasteiger partial charge in [-0.3, -0.25) is 4.90 Å². The molecule has 0 saturated carbocycles. The maximum absolute atomic E-state index is 11.6. The van der Waals surface area contributed by atoms with Gasteiger partial charge in [0.2, 0.25) is 0 Å². The molecule has 0 aliphatic carbocycles. The Bertz CT molecular complexity index is 296. The van der Waals surface area contributed by atoms with Crippen LogP contribution >= 0.6 is 0 Å². The molecule has 2 rings (SSSR count). The average Bonchev–Trinajstić information content (AvgIpc) is 2.38. The van der Waals surface area contributed by atoms with Crippen LogP contribution in [0.3, 0.4) is 0 Å². The van der Waals surface area contributed by atoms with Crippen molar-refractivity contribution in [2.75, 3.05) is 0 Å². The van der Waals surface area contributed by atoms with Gasteiger partial charge in [0.15, 0.2) is 0 Å². The van der Waals surface area contributed by atoms with Crippen molar-refractivity contribution >= 4 is 12.1 Å². The van der Waals surface area contributed by atoms with E-state index in [0.717, 1.165) is 0 Å². The summed E-state index contributed by atoms with van der Waals surface area (Å²) in [6.45, 7) is 5.79. The molecule has 0 aromatic rings. The lowest BCUT2D eigenvalue weighted by Gasteiger charge is -2.34. The van der Waals surface area contributed by atoms with Gasteiger partial charge in [0.25, 0.3) is 0 Å². The smallest absolute Gasteiger partial charge is 0.314 e. The van der Waals surface area contributed by atoms with Gasteiger partial charge in [0.05, 0.1) is 0 Å². The first-order valence-corrected chi connectivity index (χ1v) is 4.56. The number of nitrogens with zero attached hydrogens (tertiary/aromatic N) is 1. The highest BCUT2D eigenvalue weighted by molar-refractivity contribution is 5.85. The van der Waals surface area contributed by atoms with E-state index >= 15 is 0 Å². The lowest BCUT2D eigenvalue weighted by Crippen LogP contribution is -2.52. The Hall–Kier alpha value is -1.46. The third-order valence-corrected chi connectivity index (χ3v) is 2.38. The van der Waals surface area contributed by atoms with E-state index in [2.05, 4.69) is 16.0 Å². The van der Waals surface area contributed by atoms with Gasteiger partial charge in [-0.2, -0.15) is 0 Å². The Balaban J connectivity index is 2.25. The summed E-state index contributed by atoms with van der Waals surface area (Å²) < 4.78 is 0. The van der Waals surface area contributed by atoms with E-state index in [9.17, 15) is 9.59 Å². The predicted octanol–water partition coefficient (Wildman–Crippen LogP) is -0.225. The maximum atomic E-state index is 11.6. The Morgan fingerprint density at radius 2 is 1.79 bits per heavy atom. The predicted molar refractivity (Wildman–Crippen MR) is 49.4 cm³/mol. The summed E-state index contributed by atoms with van der Waals surface area (Å²) in [4.78, 5) is 24.2. The van der Waals surface area contributed by atoms with Crippen LogP contribution in [0.2, 0.25) is 0 Å². The largest absolute Gasteiger partial charge is 0.321 e. The van der Waals surface area contributed by atoms with Crippen LogP contribution in [0.5, 0.6) is 0 Å². The molecule has 6 nitrogen and oxygen atoms in total. The standard InChI is InChI=1S/C8H14N4O2/c1-8(2,3)12-5-4(10-7(12)14)9-6(13)11-5/h4-5H,1-3H3,(H,10,14)(H2,9,11,13)/t4-,5-/m0/s1. The van der Waals surface area contributed by atoms with Gasteiger partial charge in [-0.25, -0.2) is 9.59 Å². The minimum atomic E-state index is -0.311. The van der Waals surface area contributed by atoms with Crippen molar-refractivity contribution < 1.29 is 9.59 Å². The number of hydrogen-bond acceptors (Lipinski definition) is 2. The van der Waals surface area contributed by atoms with E-state index in [0.29, 0.717) is 0 Å². The number of urea groups is 2. The highest BCUT2D eigenvalue weighted by atomic mass is 16.2. The van der Waals surface area contributed by atoms with Crippen molar-refractivity contribution in [3.05, 3.63) is 0 Å². The second kappa shape index (κ2) is 2.52. The van der Waals surface area contributed by atoms with Crippen LogP contribution in [0, 0.1) is 0 Å². The summed E-state index contributed by atoms with van der Waals surface area (Å²) in [5, 5.41) is 8.02. The molecule has 6 heteroatoms. The lowest BCUT2D eigenvalue weighted by atomic mass is 10.1. The summed E-state index contributed by atoms with van der Waals surface area (Å²) in [7, 11) is 0. The van der Waals surface area contributed by atoms with Gasteiger partial charge in [0, 0.05) is 5.54 Å². The van der Waals surface area contributed by atoms with Crippen molar-refractivity contribution in [3.8, 4) is 0 Å². The van der Waals surface area contributed by atoms with Crippen LogP contribution in [0.25, 0.3) is 0 Å². The molecule has 0 aromatic carbocycles. The first kappa shape index (κ1) is 9.11. The summed E-state index contributed by atoms with van der Waals surface area (Å²) >= 11 is 0. The van der Waals surface area contributed by atoms with Crippen molar-refractivity contribution in [3.63, 3.8) is 0 Å². The van der Waals surface area contributed by atoms with E-state index < -0.39 is 0 Å². The van der Waals surface area contributed by atoms with Crippen LogP contribution in [0.4, 0.5) is 9.59 Å². The van der Waals surface area contributed by atoms with E-state index in [4.69, 9.17) is 0 Å². The fourth-order valence-corrected chi connectivity index (χ4v) is 1.86. The number of fused-ring (bicyclic) bond motifs is 1. The van der Waals surface area contributed by atoms with Crippen molar-refractivity contribution in [1.82, 2.24) is 20.9 Å². The number of nitrogens with one attached hydrogen (secondary N) is 3. The van der Waals surface area contributed by atoms with Crippen LogP contribution in [0.15, 0.2) is 0 Å². The molecule has 0 aromatic heterocycles. The molecular weight excluding hydrogens is 184 g/mol. The Labute approximate surface area is 82.0 Å². The van der Waals surface area contributed by atoms with Gasteiger partial charge in [-0.05, 0) is 20.8 Å². The van der Waals surface area contributed by atoms with Gasteiger partial charge in [-0.15, -0.1) is 0 Å². The zero-order valence-corrected chi connectivity index (χ0v) is 8.42. The molecule has 78 valence electrons.